The van der Waals surface area contributed by atoms with Gasteiger partial charge in [-0.05, 0) is 56.6 Å². The van der Waals surface area contributed by atoms with Gasteiger partial charge in [0.05, 0.1) is 22.1 Å². The van der Waals surface area contributed by atoms with Gasteiger partial charge in [0.1, 0.15) is 91.6 Å². The Morgan fingerprint density at radius 3 is 0.978 bits per heavy atom. The fourth-order valence-corrected chi connectivity index (χ4v) is 12.0. The number of para-hydroxylation sites is 3. The minimum atomic E-state index is -0.0486. The van der Waals surface area contributed by atoms with Gasteiger partial charge in [-0.1, -0.05) is 140 Å². The van der Waals surface area contributed by atoms with Crippen LogP contribution in [0.2, 0.25) is 0 Å². The molecule has 0 aliphatic heterocycles. The molecule has 0 N–H and O–H groups in total. The molecule has 19 heteroatoms. The van der Waals surface area contributed by atoms with Crippen molar-refractivity contribution in [2.24, 2.45) is 0 Å². The predicted molar refractivity (Wildman–Crippen MR) is 342 cm³/mol. The molecular weight excluding hydrogens is 1120 g/mol. The number of hydrogen-bond donors (Lipinski definition) is 0. The molecular formula is C71H29N19. The first-order valence-corrected chi connectivity index (χ1v) is 27.8. The highest BCUT2D eigenvalue weighted by Gasteiger charge is 2.23. The highest BCUT2D eigenvalue weighted by Crippen LogP contribution is 2.41. The molecule has 408 valence electrons. The van der Waals surface area contributed by atoms with Gasteiger partial charge in [0.25, 0.3) is 0 Å². The number of benzene rings is 11. The first-order chi connectivity index (χ1) is 44.3. The summed E-state index contributed by atoms with van der Waals surface area (Å²) in [5.41, 5.74) is 9.18. The van der Waals surface area contributed by atoms with Crippen molar-refractivity contribution in [3.05, 3.63) is 210 Å². The van der Waals surface area contributed by atoms with E-state index in [0.29, 0.717) is 72.0 Å². The Bertz CT molecular complexity index is 5860. The van der Waals surface area contributed by atoms with Gasteiger partial charge in [-0.25, -0.2) is 64.8 Å². The van der Waals surface area contributed by atoms with E-state index in [1.807, 2.05) is 182 Å². The summed E-state index contributed by atoms with van der Waals surface area (Å²) in [5, 5.41) is 70.4. The molecule has 18 rings (SSSR count). The number of aromatic nitrogens is 13. The summed E-state index contributed by atoms with van der Waals surface area (Å²) < 4.78 is 0. The Kier molecular flexibility index (Phi) is 11.6. The third-order valence-corrected chi connectivity index (χ3v) is 15.9. The molecule has 19 nitrogen and oxygen atoms in total. The molecule has 90 heavy (non-hydrogen) atoms. The van der Waals surface area contributed by atoms with E-state index in [9.17, 15) is 31.6 Å². The standard InChI is InChI=1S/C25H11N5.C24H10N6.C22H8N8/c26-12-20-21(13-27)30-25-23(29-20)17-10-9-14-5-1-3-7-16(14)22(17)18-11-15-6-2-4-8-19(15)28-24(18)25;25-11-18-19(12-26)30-23-21(29-18)15-10-9-13-5-1-2-6-14(13)20(15)22-24(23)28-17-8-4-3-7-16(17)27-22;23-9-14-15(10-24)28-19-17(27-14)13-6-5-11-3-1-2-4-12(11)16(13)18-20(19)30-22-21(29-18)25-7-8-26-22/h1-11H;1-10H;1-8H. The van der Waals surface area contributed by atoms with Crippen LogP contribution in [0.3, 0.4) is 0 Å². The summed E-state index contributed by atoms with van der Waals surface area (Å²) in [6, 6.07) is 65.7. The lowest BCUT2D eigenvalue weighted by Gasteiger charge is -2.12. The molecule has 0 fully saturated rings. The van der Waals surface area contributed by atoms with Crippen LogP contribution in [-0.4, -0.2) is 64.8 Å². The van der Waals surface area contributed by atoms with Crippen LogP contribution in [0, 0.1) is 68.0 Å². The van der Waals surface area contributed by atoms with Gasteiger partial charge in [-0.2, -0.15) is 31.6 Å². The molecule has 0 aliphatic rings. The Balaban J connectivity index is 0.000000108. The van der Waals surface area contributed by atoms with Crippen LogP contribution in [0.4, 0.5) is 0 Å². The highest BCUT2D eigenvalue weighted by molar-refractivity contribution is 6.32. The molecule has 18 aromatic rings. The van der Waals surface area contributed by atoms with E-state index in [-0.39, 0.29) is 34.2 Å². The third kappa shape index (κ3) is 7.90. The molecule has 0 spiro atoms. The molecule has 7 aromatic heterocycles. The lowest BCUT2D eigenvalue weighted by atomic mass is 9.95. The number of nitriles is 6. The molecule has 0 saturated carbocycles. The largest absolute Gasteiger partial charge is 0.245 e. The van der Waals surface area contributed by atoms with Gasteiger partial charge < -0.3 is 0 Å². The number of pyridine rings is 1. The molecule has 7 heterocycles. The summed E-state index contributed by atoms with van der Waals surface area (Å²) in [7, 11) is 0. The molecule has 0 atom stereocenters. The summed E-state index contributed by atoms with van der Waals surface area (Å²) >= 11 is 0. The third-order valence-electron chi connectivity index (χ3n) is 15.9. The normalized spacial score (nSPS) is 11.3. The molecule has 0 radical (unpaired) electrons. The van der Waals surface area contributed by atoms with Crippen molar-refractivity contribution in [2.45, 2.75) is 0 Å². The quantitative estimate of drug-likeness (QED) is 0.101. The van der Waals surface area contributed by atoms with Crippen molar-refractivity contribution in [1.82, 2.24) is 64.8 Å². The second-order valence-electron chi connectivity index (χ2n) is 20.8. The Labute approximate surface area is 504 Å². The second kappa shape index (κ2) is 20.3. The van der Waals surface area contributed by atoms with Crippen molar-refractivity contribution in [3.63, 3.8) is 0 Å². The van der Waals surface area contributed by atoms with Gasteiger partial charge in [0.2, 0.25) is 0 Å². The lowest BCUT2D eigenvalue weighted by Crippen LogP contribution is -2.00. The van der Waals surface area contributed by atoms with Crippen LogP contribution >= 0.6 is 0 Å². The van der Waals surface area contributed by atoms with Crippen molar-refractivity contribution in [3.8, 4) is 36.4 Å². The van der Waals surface area contributed by atoms with Crippen molar-refractivity contribution in [1.29, 1.82) is 31.6 Å². The van der Waals surface area contributed by atoms with Crippen molar-refractivity contribution in [2.75, 3.05) is 0 Å². The molecule has 0 amide bonds. The molecule has 0 bridgehead atoms. The Hall–Kier alpha value is -14.1. The van der Waals surface area contributed by atoms with Crippen LogP contribution in [-0.2, 0) is 0 Å². The van der Waals surface area contributed by atoms with Gasteiger partial charge in [-0.15, -0.1) is 0 Å². The van der Waals surface area contributed by atoms with Gasteiger partial charge in [0, 0.05) is 55.5 Å². The van der Waals surface area contributed by atoms with E-state index >= 15 is 0 Å². The second-order valence-corrected chi connectivity index (χ2v) is 20.8. The molecule has 0 unspecified atom stereocenters. The highest BCUT2D eigenvalue weighted by atomic mass is 15.0. The molecule has 11 aromatic carbocycles. The number of rotatable bonds is 0. The number of fused-ring (bicyclic) bond motifs is 27. The van der Waals surface area contributed by atoms with E-state index in [1.165, 1.54) is 0 Å². The maximum atomic E-state index is 9.49. The summed E-state index contributed by atoms with van der Waals surface area (Å²) in [6.45, 7) is 0. The predicted octanol–water partition coefficient (Wildman–Crippen LogP) is 13.7. The van der Waals surface area contributed by atoms with Crippen molar-refractivity contribution < 1.29 is 0 Å². The summed E-state index contributed by atoms with van der Waals surface area (Å²) in [6.07, 6.45) is 3.11. The van der Waals surface area contributed by atoms with Crippen LogP contribution in [0.25, 0.3) is 164 Å². The maximum absolute atomic E-state index is 9.49. The summed E-state index contributed by atoms with van der Waals surface area (Å²) in [4.78, 5) is 59.6. The SMILES string of the molecule is N#Cc1nc2c3ccc4ccccc4c3c3cc4ccccc4nc3c2nc1C#N.N#Cc1nc2c3ccc4ccccc4c3c3nc4ccccc4nc3c2nc1C#N.N#Cc1nc2c3ccc4ccccc4c3c3nc4nccnc4nc3c2nc1C#N. The van der Waals surface area contributed by atoms with Gasteiger partial charge in [0.15, 0.2) is 45.5 Å². The van der Waals surface area contributed by atoms with E-state index in [2.05, 4.69) is 63.1 Å². The lowest BCUT2D eigenvalue weighted by molar-refractivity contribution is 1.19. The number of hydrogen-bond acceptors (Lipinski definition) is 19. The van der Waals surface area contributed by atoms with E-state index in [4.69, 9.17) is 19.9 Å². The zero-order valence-electron chi connectivity index (χ0n) is 46.2. The van der Waals surface area contributed by atoms with Crippen LogP contribution < -0.4 is 0 Å². The summed E-state index contributed by atoms with van der Waals surface area (Å²) in [5.74, 6) is 0. The number of nitrogens with zero attached hydrogens (tertiary/aromatic N) is 19. The first kappa shape index (κ1) is 51.5. The van der Waals surface area contributed by atoms with Gasteiger partial charge >= 0.3 is 0 Å². The van der Waals surface area contributed by atoms with Crippen LogP contribution in [0.5, 0.6) is 0 Å². The smallest absolute Gasteiger partial charge is 0.198 e. The zero-order valence-corrected chi connectivity index (χ0v) is 46.2. The Morgan fingerprint density at radius 2 is 0.522 bits per heavy atom. The monoisotopic (exact) mass is 1150 g/mol. The molecule has 0 aliphatic carbocycles. The van der Waals surface area contributed by atoms with Gasteiger partial charge in [-0.3, -0.25) is 0 Å². The van der Waals surface area contributed by atoms with E-state index in [0.717, 1.165) is 92.0 Å². The van der Waals surface area contributed by atoms with E-state index in [1.54, 1.807) is 12.4 Å². The average molecular weight is 1150 g/mol. The minimum Gasteiger partial charge on any atom is -0.245 e. The average Bonchev–Trinajstić information content (AvgIpc) is 0.752. The Morgan fingerprint density at radius 1 is 0.222 bits per heavy atom. The maximum Gasteiger partial charge on any atom is 0.198 e. The zero-order chi connectivity index (χ0) is 60.7. The van der Waals surface area contributed by atoms with Crippen LogP contribution in [0.15, 0.2) is 176 Å². The first-order valence-electron chi connectivity index (χ1n) is 27.8. The topological polar surface area (TPSA) is 310 Å². The van der Waals surface area contributed by atoms with Crippen LogP contribution in [0.1, 0.15) is 34.2 Å². The minimum absolute atomic E-state index is 0.00700. The fraction of sp³-hybridized carbons (Fsp3) is 0. The van der Waals surface area contributed by atoms with Crippen molar-refractivity contribution >= 4 is 164 Å². The molecule has 0 saturated heterocycles. The van der Waals surface area contributed by atoms with E-state index < -0.39 is 0 Å². The fourth-order valence-electron chi connectivity index (χ4n) is 12.0.